The number of carbonyl (C=O) groups excluding carboxylic acids is 2. The summed E-state index contributed by atoms with van der Waals surface area (Å²) in [6.45, 7) is 10.2. The van der Waals surface area contributed by atoms with Gasteiger partial charge in [-0.05, 0) is 42.2 Å². The first-order chi connectivity index (χ1) is 12.9. The molecule has 27 heavy (non-hydrogen) atoms. The lowest BCUT2D eigenvalue weighted by Gasteiger charge is -2.43. The van der Waals surface area contributed by atoms with Crippen LogP contribution in [0.3, 0.4) is 0 Å². The number of nitrogens with zero attached hydrogens (tertiary/aromatic N) is 1. The Labute approximate surface area is 159 Å². The third kappa shape index (κ3) is 3.65. The van der Waals surface area contributed by atoms with Crippen molar-refractivity contribution in [3.05, 3.63) is 72.1 Å². The van der Waals surface area contributed by atoms with Gasteiger partial charge in [0.2, 0.25) is 0 Å². The molecule has 0 radical (unpaired) electrons. The molecule has 2 atom stereocenters. The van der Waals surface area contributed by atoms with E-state index in [1.165, 1.54) is 12.1 Å². The summed E-state index contributed by atoms with van der Waals surface area (Å²) in [6, 6.07) is 5.68. The molecule has 4 nitrogen and oxygen atoms in total. The molecule has 0 saturated carbocycles. The SMILES string of the molecule is C=CC1=C(C=C)[C@H](c2ccc(F)cc2)N(C(=O)[C@@]2(C)CC(=O)CCO2)CC1. The Balaban J connectivity index is 2.04. The molecule has 0 aliphatic carbocycles. The van der Waals surface area contributed by atoms with Crippen molar-refractivity contribution in [2.45, 2.75) is 37.8 Å². The van der Waals surface area contributed by atoms with Crippen molar-refractivity contribution < 1.29 is 18.7 Å². The molecule has 0 bridgehead atoms. The monoisotopic (exact) mass is 369 g/mol. The van der Waals surface area contributed by atoms with Gasteiger partial charge in [0.15, 0.2) is 5.60 Å². The van der Waals surface area contributed by atoms with Crippen LogP contribution in [-0.2, 0) is 14.3 Å². The van der Waals surface area contributed by atoms with Gasteiger partial charge in [0, 0.05) is 19.4 Å². The topological polar surface area (TPSA) is 46.6 Å². The van der Waals surface area contributed by atoms with E-state index >= 15 is 0 Å². The van der Waals surface area contributed by atoms with Gasteiger partial charge in [-0.3, -0.25) is 9.59 Å². The minimum absolute atomic E-state index is 0.0266. The zero-order chi connectivity index (χ0) is 19.6. The zero-order valence-electron chi connectivity index (χ0n) is 15.5. The number of allylic oxidation sites excluding steroid dienone is 1. The molecule has 0 unspecified atom stereocenters. The normalized spacial score (nSPS) is 26.1. The van der Waals surface area contributed by atoms with Crippen molar-refractivity contribution in [2.75, 3.05) is 13.2 Å². The minimum atomic E-state index is -1.18. The van der Waals surface area contributed by atoms with Crippen molar-refractivity contribution in [3.8, 4) is 0 Å². The van der Waals surface area contributed by atoms with Crippen molar-refractivity contribution in [2.24, 2.45) is 0 Å². The summed E-state index contributed by atoms with van der Waals surface area (Å²) in [4.78, 5) is 27.1. The number of hydrogen-bond acceptors (Lipinski definition) is 3. The summed E-state index contributed by atoms with van der Waals surface area (Å²) in [5.74, 6) is -0.542. The van der Waals surface area contributed by atoms with Gasteiger partial charge in [-0.2, -0.15) is 0 Å². The maximum Gasteiger partial charge on any atom is 0.255 e. The Bertz CT molecular complexity index is 811. The van der Waals surface area contributed by atoms with Crippen LogP contribution in [0, 0.1) is 5.82 Å². The number of halogens is 1. The number of Topliss-reactive ketones (excluding diaryl/α,β-unsaturated/α-hetero) is 1. The fourth-order valence-corrected chi connectivity index (χ4v) is 3.89. The highest BCUT2D eigenvalue weighted by Gasteiger charge is 2.45. The Morgan fingerprint density at radius 1 is 1.26 bits per heavy atom. The smallest absolute Gasteiger partial charge is 0.255 e. The molecular weight excluding hydrogens is 345 g/mol. The maximum atomic E-state index is 13.4. The second kappa shape index (κ2) is 7.61. The standard InChI is InChI=1S/C22H24FNO3/c1-4-15-10-12-24(21(26)22(3)14-18(25)11-13-27-22)20(19(15)5-2)16-6-8-17(23)9-7-16/h4-9,20H,1-2,10-14H2,3H3/t20-,22+/m0/s1. The van der Waals surface area contributed by atoms with Crippen LogP contribution in [0.5, 0.6) is 0 Å². The largest absolute Gasteiger partial charge is 0.365 e. The fraction of sp³-hybridized carbons (Fsp3) is 0.364. The van der Waals surface area contributed by atoms with E-state index in [1.807, 2.05) is 0 Å². The first-order valence-electron chi connectivity index (χ1n) is 9.09. The molecule has 2 aliphatic heterocycles. The molecule has 0 spiro atoms. The molecule has 2 aliphatic rings. The highest BCUT2D eigenvalue weighted by atomic mass is 19.1. The molecule has 1 aromatic rings. The quantitative estimate of drug-likeness (QED) is 0.809. The molecule has 1 fully saturated rings. The van der Waals surface area contributed by atoms with E-state index in [0.717, 1.165) is 16.7 Å². The number of ether oxygens (including phenoxy) is 1. The first kappa shape index (κ1) is 19.2. The first-order valence-corrected chi connectivity index (χ1v) is 9.09. The summed E-state index contributed by atoms with van der Waals surface area (Å²) in [7, 11) is 0. The third-order valence-corrected chi connectivity index (χ3v) is 5.30. The Morgan fingerprint density at radius 3 is 2.56 bits per heavy atom. The predicted molar refractivity (Wildman–Crippen MR) is 101 cm³/mol. The van der Waals surface area contributed by atoms with Gasteiger partial charge >= 0.3 is 0 Å². The van der Waals surface area contributed by atoms with Crippen LogP contribution in [0.25, 0.3) is 0 Å². The molecule has 0 aromatic heterocycles. The number of rotatable bonds is 4. The van der Waals surface area contributed by atoms with Crippen LogP contribution < -0.4 is 0 Å². The second-order valence-electron chi connectivity index (χ2n) is 7.14. The van der Waals surface area contributed by atoms with Gasteiger partial charge in [0.05, 0.1) is 12.6 Å². The lowest BCUT2D eigenvalue weighted by atomic mass is 9.85. The van der Waals surface area contributed by atoms with E-state index in [2.05, 4.69) is 13.2 Å². The minimum Gasteiger partial charge on any atom is -0.365 e. The van der Waals surface area contributed by atoms with Crippen molar-refractivity contribution >= 4 is 11.7 Å². The van der Waals surface area contributed by atoms with Crippen LogP contribution in [-0.4, -0.2) is 35.3 Å². The summed E-state index contributed by atoms with van der Waals surface area (Å²) in [5, 5.41) is 0. The van der Waals surface area contributed by atoms with E-state index in [4.69, 9.17) is 4.74 Å². The number of hydrogen-bond donors (Lipinski definition) is 0. The molecule has 142 valence electrons. The second-order valence-corrected chi connectivity index (χ2v) is 7.14. The van der Waals surface area contributed by atoms with Gasteiger partial charge in [-0.25, -0.2) is 4.39 Å². The van der Waals surface area contributed by atoms with Crippen molar-refractivity contribution in [1.82, 2.24) is 4.90 Å². The van der Waals surface area contributed by atoms with Gasteiger partial charge in [-0.15, -0.1) is 0 Å². The molecule has 1 aromatic carbocycles. The Morgan fingerprint density at radius 2 is 1.96 bits per heavy atom. The lowest BCUT2D eigenvalue weighted by Crippen LogP contribution is -2.54. The summed E-state index contributed by atoms with van der Waals surface area (Å²) >= 11 is 0. The highest BCUT2D eigenvalue weighted by Crippen LogP contribution is 2.39. The molecule has 2 heterocycles. The van der Waals surface area contributed by atoms with Gasteiger partial charge in [0.1, 0.15) is 11.6 Å². The lowest BCUT2D eigenvalue weighted by molar-refractivity contribution is -0.168. The van der Waals surface area contributed by atoms with Crippen LogP contribution in [0.2, 0.25) is 0 Å². The summed E-state index contributed by atoms with van der Waals surface area (Å²) < 4.78 is 19.2. The van der Waals surface area contributed by atoms with Crippen LogP contribution in [0.15, 0.2) is 60.7 Å². The molecular formula is C22H24FNO3. The highest BCUT2D eigenvalue weighted by molar-refractivity contribution is 5.93. The van der Waals surface area contributed by atoms with Crippen LogP contribution in [0.4, 0.5) is 4.39 Å². The van der Waals surface area contributed by atoms with Gasteiger partial charge < -0.3 is 9.64 Å². The van der Waals surface area contributed by atoms with E-state index in [9.17, 15) is 14.0 Å². The number of ketones is 1. The van der Waals surface area contributed by atoms with Crippen LogP contribution >= 0.6 is 0 Å². The average molecular weight is 369 g/mol. The van der Waals surface area contributed by atoms with Gasteiger partial charge in [0.25, 0.3) is 5.91 Å². The Kier molecular flexibility index (Phi) is 5.42. The fourth-order valence-electron chi connectivity index (χ4n) is 3.89. The summed E-state index contributed by atoms with van der Waals surface area (Å²) in [5.41, 5.74) is 1.48. The molecule has 1 amide bonds. The van der Waals surface area contributed by atoms with E-state index in [-0.39, 0.29) is 30.5 Å². The predicted octanol–water partition coefficient (Wildman–Crippen LogP) is 3.91. The van der Waals surface area contributed by atoms with E-state index in [0.29, 0.717) is 19.4 Å². The summed E-state index contributed by atoms with van der Waals surface area (Å²) in [6.07, 6.45) is 4.54. The molecule has 5 heteroatoms. The maximum absolute atomic E-state index is 13.4. The van der Waals surface area contributed by atoms with Gasteiger partial charge in [-0.1, -0.05) is 37.4 Å². The van der Waals surface area contributed by atoms with E-state index in [1.54, 1.807) is 36.1 Å². The third-order valence-electron chi connectivity index (χ3n) is 5.30. The van der Waals surface area contributed by atoms with Crippen molar-refractivity contribution in [3.63, 3.8) is 0 Å². The Hall–Kier alpha value is -2.53. The molecule has 3 rings (SSSR count). The molecule has 0 N–H and O–H groups in total. The van der Waals surface area contributed by atoms with E-state index < -0.39 is 11.6 Å². The number of benzene rings is 1. The average Bonchev–Trinajstić information content (AvgIpc) is 2.66. The number of amides is 1. The van der Waals surface area contributed by atoms with Crippen LogP contribution in [0.1, 0.15) is 37.8 Å². The van der Waals surface area contributed by atoms with Crippen molar-refractivity contribution in [1.29, 1.82) is 0 Å². The molecule has 1 saturated heterocycles. The number of carbonyl (C=O) groups is 2. The zero-order valence-corrected chi connectivity index (χ0v) is 15.5.